The summed E-state index contributed by atoms with van der Waals surface area (Å²) in [6, 6.07) is 8.81. The Hall–Kier alpha value is -1.78. The van der Waals surface area contributed by atoms with E-state index in [0.717, 1.165) is 5.56 Å². The molecule has 0 fully saturated rings. The maximum atomic E-state index is 12.5. The molecular weight excluding hydrogens is 309 g/mol. The van der Waals surface area contributed by atoms with Crippen LogP contribution in [0.4, 0.5) is 5.82 Å². The van der Waals surface area contributed by atoms with Crippen molar-refractivity contribution in [1.29, 1.82) is 0 Å². The fourth-order valence-corrected chi connectivity index (χ4v) is 2.20. The zero-order valence-corrected chi connectivity index (χ0v) is 13.2. The van der Waals surface area contributed by atoms with Crippen molar-refractivity contribution in [3.63, 3.8) is 0 Å². The van der Waals surface area contributed by atoms with E-state index in [0.29, 0.717) is 10.6 Å². The number of nitrogens with zero attached hydrogens (tertiary/aromatic N) is 2. The quantitative estimate of drug-likeness (QED) is 0.934. The minimum absolute atomic E-state index is 0.105. The molecule has 4 nitrogen and oxygen atoms in total. The van der Waals surface area contributed by atoms with Crippen molar-refractivity contribution in [2.24, 2.45) is 0 Å². The highest BCUT2D eigenvalue weighted by atomic mass is 35.5. The Kier molecular flexibility index (Phi) is 4.70. The van der Waals surface area contributed by atoms with E-state index >= 15 is 0 Å². The van der Waals surface area contributed by atoms with E-state index in [2.05, 4.69) is 4.98 Å². The second-order valence-electron chi connectivity index (χ2n) is 4.73. The molecule has 1 aromatic heterocycles. The van der Waals surface area contributed by atoms with Crippen molar-refractivity contribution in [3.05, 3.63) is 57.7 Å². The lowest BCUT2D eigenvalue weighted by molar-refractivity contribution is 0.0742. The number of amides is 1. The fourth-order valence-electron chi connectivity index (χ4n) is 1.91. The second kappa shape index (κ2) is 6.33. The third kappa shape index (κ3) is 3.46. The van der Waals surface area contributed by atoms with Crippen molar-refractivity contribution in [1.82, 2.24) is 9.88 Å². The van der Waals surface area contributed by atoms with Gasteiger partial charge in [-0.25, -0.2) is 4.98 Å². The summed E-state index contributed by atoms with van der Waals surface area (Å²) in [5.74, 6) is 0.0356. The summed E-state index contributed by atoms with van der Waals surface area (Å²) in [7, 11) is 1.73. The van der Waals surface area contributed by atoms with Crippen molar-refractivity contribution in [2.75, 3.05) is 12.8 Å². The Morgan fingerprint density at radius 3 is 2.48 bits per heavy atom. The molecule has 0 spiro atoms. The Morgan fingerprint density at radius 2 is 1.90 bits per heavy atom. The van der Waals surface area contributed by atoms with Gasteiger partial charge in [0.25, 0.3) is 5.91 Å². The van der Waals surface area contributed by atoms with E-state index in [1.807, 2.05) is 19.1 Å². The molecule has 1 atom stereocenters. The number of pyridine rings is 1. The highest BCUT2D eigenvalue weighted by Gasteiger charge is 2.19. The van der Waals surface area contributed by atoms with Crippen molar-refractivity contribution >= 4 is 34.9 Å². The van der Waals surface area contributed by atoms with Crippen LogP contribution < -0.4 is 5.73 Å². The summed E-state index contributed by atoms with van der Waals surface area (Å²) in [6.07, 6.45) is 1.43. The van der Waals surface area contributed by atoms with Crippen LogP contribution in [0.25, 0.3) is 0 Å². The molecule has 0 radical (unpaired) electrons. The number of carbonyl (C=O) groups is 1. The summed E-state index contributed by atoms with van der Waals surface area (Å²) < 4.78 is 0. The molecule has 0 saturated carbocycles. The van der Waals surface area contributed by atoms with Gasteiger partial charge in [0.2, 0.25) is 0 Å². The number of benzene rings is 1. The second-order valence-corrected chi connectivity index (χ2v) is 5.58. The van der Waals surface area contributed by atoms with E-state index in [1.54, 1.807) is 24.1 Å². The molecule has 0 aliphatic heterocycles. The van der Waals surface area contributed by atoms with Crippen LogP contribution in [0.15, 0.2) is 36.5 Å². The Labute approximate surface area is 133 Å². The molecular formula is C15H15Cl2N3O. The Morgan fingerprint density at radius 1 is 1.29 bits per heavy atom. The molecule has 1 heterocycles. The SMILES string of the molecule is CC(c1ccc(Cl)cc1)N(C)C(=O)c1cnc(N)c(Cl)c1. The van der Waals surface area contributed by atoms with Gasteiger partial charge in [-0.05, 0) is 30.7 Å². The predicted molar refractivity (Wildman–Crippen MR) is 85.6 cm³/mol. The van der Waals surface area contributed by atoms with Gasteiger partial charge < -0.3 is 10.6 Å². The van der Waals surface area contributed by atoms with Crippen LogP contribution >= 0.6 is 23.2 Å². The minimum Gasteiger partial charge on any atom is -0.382 e. The molecule has 2 aromatic rings. The van der Waals surface area contributed by atoms with Gasteiger partial charge in [-0.2, -0.15) is 0 Å². The predicted octanol–water partition coefficient (Wildman–Crippen LogP) is 3.80. The summed E-state index contributed by atoms with van der Waals surface area (Å²) in [4.78, 5) is 18.0. The average molecular weight is 324 g/mol. The largest absolute Gasteiger partial charge is 0.382 e. The third-order valence-corrected chi connectivity index (χ3v) is 3.93. The molecule has 1 unspecified atom stereocenters. The van der Waals surface area contributed by atoms with E-state index in [1.165, 1.54) is 12.3 Å². The first-order chi connectivity index (χ1) is 9.90. The van der Waals surface area contributed by atoms with Crippen LogP contribution in [-0.4, -0.2) is 22.8 Å². The Balaban J connectivity index is 2.21. The lowest BCUT2D eigenvalue weighted by atomic mass is 10.1. The van der Waals surface area contributed by atoms with Gasteiger partial charge in [-0.3, -0.25) is 4.79 Å². The van der Waals surface area contributed by atoms with Crippen molar-refractivity contribution in [2.45, 2.75) is 13.0 Å². The average Bonchev–Trinajstić information content (AvgIpc) is 2.48. The zero-order chi connectivity index (χ0) is 15.6. The molecule has 1 aromatic carbocycles. The van der Waals surface area contributed by atoms with Crippen molar-refractivity contribution < 1.29 is 4.79 Å². The van der Waals surface area contributed by atoms with Gasteiger partial charge in [-0.15, -0.1) is 0 Å². The van der Waals surface area contributed by atoms with Gasteiger partial charge in [0, 0.05) is 18.3 Å². The number of carbonyl (C=O) groups excluding carboxylic acids is 1. The first-order valence-electron chi connectivity index (χ1n) is 6.34. The number of hydrogen-bond donors (Lipinski definition) is 1. The number of halogens is 2. The first-order valence-corrected chi connectivity index (χ1v) is 7.09. The molecule has 21 heavy (non-hydrogen) atoms. The molecule has 1 amide bonds. The number of nitrogens with two attached hydrogens (primary N) is 1. The summed E-state index contributed by atoms with van der Waals surface area (Å²) >= 11 is 11.8. The molecule has 0 aliphatic carbocycles. The number of rotatable bonds is 3. The molecule has 6 heteroatoms. The monoisotopic (exact) mass is 323 g/mol. The van der Waals surface area contributed by atoms with Gasteiger partial charge in [0.05, 0.1) is 16.6 Å². The van der Waals surface area contributed by atoms with Crippen LogP contribution in [-0.2, 0) is 0 Å². The number of anilines is 1. The maximum Gasteiger partial charge on any atom is 0.255 e. The highest BCUT2D eigenvalue weighted by Crippen LogP contribution is 2.24. The van der Waals surface area contributed by atoms with Gasteiger partial charge in [0.15, 0.2) is 0 Å². The van der Waals surface area contributed by atoms with Gasteiger partial charge >= 0.3 is 0 Å². The number of aromatic nitrogens is 1. The number of hydrogen-bond acceptors (Lipinski definition) is 3. The third-order valence-electron chi connectivity index (χ3n) is 3.37. The van der Waals surface area contributed by atoms with Crippen LogP contribution in [0.5, 0.6) is 0 Å². The van der Waals surface area contributed by atoms with E-state index in [-0.39, 0.29) is 22.8 Å². The molecule has 2 N–H and O–H groups in total. The van der Waals surface area contributed by atoms with Crippen LogP contribution in [0.2, 0.25) is 10.0 Å². The molecule has 0 aliphatic rings. The molecule has 0 bridgehead atoms. The molecule has 2 rings (SSSR count). The van der Waals surface area contributed by atoms with E-state index in [9.17, 15) is 4.79 Å². The standard InChI is InChI=1S/C15H15Cl2N3O/c1-9(10-3-5-12(16)6-4-10)20(2)15(21)11-7-13(17)14(18)19-8-11/h3-9H,1-2H3,(H2,18,19). The lowest BCUT2D eigenvalue weighted by Gasteiger charge is -2.25. The lowest BCUT2D eigenvalue weighted by Crippen LogP contribution is -2.29. The van der Waals surface area contributed by atoms with Crippen LogP contribution in [0, 0.1) is 0 Å². The van der Waals surface area contributed by atoms with Gasteiger partial charge in [-0.1, -0.05) is 35.3 Å². The minimum atomic E-state index is -0.174. The van der Waals surface area contributed by atoms with Crippen LogP contribution in [0.1, 0.15) is 28.9 Å². The summed E-state index contributed by atoms with van der Waals surface area (Å²) in [6.45, 7) is 1.94. The smallest absolute Gasteiger partial charge is 0.255 e. The van der Waals surface area contributed by atoms with Gasteiger partial charge in [0.1, 0.15) is 5.82 Å². The maximum absolute atomic E-state index is 12.5. The first kappa shape index (κ1) is 15.6. The normalized spacial score (nSPS) is 12.0. The molecule has 110 valence electrons. The highest BCUT2D eigenvalue weighted by molar-refractivity contribution is 6.33. The number of nitrogen functional groups attached to an aromatic ring is 1. The van der Waals surface area contributed by atoms with E-state index in [4.69, 9.17) is 28.9 Å². The van der Waals surface area contributed by atoms with Crippen molar-refractivity contribution in [3.8, 4) is 0 Å². The Bertz CT molecular complexity index is 658. The van der Waals surface area contributed by atoms with Crippen LogP contribution in [0.3, 0.4) is 0 Å². The fraction of sp³-hybridized carbons (Fsp3) is 0.200. The summed E-state index contributed by atoms with van der Waals surface area (Å²) in [5.41, 5.74) is 6.94. The van der Waals surface area contributed by atoms with E-state index < -0.39 is 0 Å². The molecule has 0 saturated heterocycles. The topological polar surface area (TPSA) is 59.2 Å². The summed E-state index contributed by atoms with van der Waals surface area (Å²) in [5, 5.41) is 0.933. The zero-order valence-electron chi connectivity index (χ0n) is 11.7.